The SMILES string of the molecule is Clc1ccc2c(SNc3cnc(Br)cn3)c[nH]c2c1. The summed E-state index contributed by atoms with van der Waals surface area (Å²) in [4.78, 5) is 12.6. The van der Waals surface area contributed by atoms with Gasteiger partial charge in [-0.05, 0) is 40.0 Å². The highest BCUT2D eigenvalue weighted by molar-refractivity contribution is 9.10. The molecular weight excluding hydrogens is 348 g/mol. The number of H-pyrrole nitrogens is 1. The highest BCUT2D eigenvalue weighted by Gasteiger charge is 2.05. The third-order valence-corrected chi connectivity index (χ3v) is 4.01. The lowest BCUT2D eigenvalue weighted by Gasteiger charge is -2.02. The molecule has 2 heterocycles. The molecule has 4 nitrogen and oxygen atoms in total. The van der Waals surface area contributed by atoms with Gasteiger partial charge in [-0.15, -0.1) is 0 Å². The topological polar surface area (TPSA) is 53.6 Å². The number of aromatic amines is 1. The van der Waals surface area contributed by atoms with Gasteiger partial charge in [0.25, 0.3) is 0 Å². The molecule has 19 heavy (non-hydrogen) atoms. The molecule has 3 rings (SSSR count). The van der Waals surface area contributed by atoms with Gasteiger partial charge in [0.2, 0.25) is 0 Å². The van der Waals surface area contributed by atoms with Crippen LogP contribution in [0.5, 0.6) is 0 Å². The Bertz CT molecular complexity index is 713. The second-order valence-corrected chi connectivity index (χ2v) is 5.87. The number of halogens is 2. The summed E-state index contributed by atoms with van der Waals surface area (Å²) in [5.41, 5.74) is 1.01. The number of nitrogens with zero attached hydrogens (tertiary/aromatic N) is 2. The molecule has 0 aliphatic rings. The third kappa shape index (κ3) is 2.86. The van der Waals surface area contributed by atoms with Gasteiger partial charge in [-0.25, -0.2) is 9.97 Å². The highest BCUT2D eigenvalue weighted by atomic mass is 79.9. The molecule has 0 bridgehead atoms. The Morgan fingerprint density at radius 2 is 2.16 bits per heavy atom. The van der Waals surface area contributed by atoms with E-state index in [1.165, 1.54) is 11.9 Å². The van der Waals surface area contributed by atoms with Crippen LogP contribution >= 0.6 is 39.5 Å². The average molecular weight is 356 g/mol. The Morgan fingerprint density at radius 1 is 1.26 bits per heavy atom. The molecule has 0 spiro atoms. The summed E-state index contributed by atoms with van der Waals surface area (Å²) in [5, 5.41) is 1.84. The quantitative estimate of drug-likeness (QED) is 0.680. The van der Waals surface area contributed by atoms with Crippen LogP contribution in [0.15, 0.2) is 46.3 Å². The Morgan fingerprint density at radius 3 is 2.95 bits per heavy atom. The molecule has 0 atom stereocenters. The minimum Gasteiger partial charge on any atom is -0.360 e. The molecule has 2 N–H and O–H groups in total. The van der Waals surface area contributed by atoms with Crippen LogP contribution in [0.3, 0.4) is 0 Å². The summed E-state index contributed by atoms with van der Waals surface area (Å²) in [6.07, 6.45) is 5.26. The number of anilines is 1. The van der Waals surface area contributed by atoms with E-state index in [1.807, 2.05) is 24.4 Å². The van der Waals surface area contributed by atoms with Crippen molar-refractivity contribution in [2.45, 2.75) is 4.90 Å². The number of benzene rings is 1. The van der Waals surface area contributed by atoms with Crippen LogP contribution in [0.1, 0.15) is 0 Å². The van der Waals surface area contributed by atoms with Crippen molar-refractivity contribution in [3.05, 3.63) is 46.4 Å². The zero-order valence-electron chi connectivity index (χ0n) is 9.52. The molecule has 0 aliphatic heterocycles. The zero-order chi connectivity index (χ0) is 13.2. The van der Waals surface area contributed by atoms with E-state index in [2.05, 4.69) is 35.6 Å². The van der Waals surface area contributed by atoms with Gasteiger partial charge in [0.1, 0.15) is 4.60 Å². The first kappa shape index (κ1) is 12.8. The van der Waals surface area contributed by atoms with Crippen LogP contribution in [0, 0.1) is 0 Å². The maximum absolute atomic E-state index is 5.95. The predicted octanol–water partition coefficient (Wildman–Crippen LogP) is 4.49. The predicted molar refractivity (Wildman–Crippen MR) is 82.5 cm³/mol. The number of rotatable bonds is 3. The van der Waals surface area contributed by atoms with Gasteiger partial charge in [-0.1, -0.05) is 17.7 Å². The Kier molecular flexibility index (Phi) is 3.63. The van der Waals surface area contributed by atoms with Gasteiger partial charge in [-0.2, -0.15) is 0 Å². The van der Waals surface area contributed by atoms with Crippen LogP contribution in [-0.4, -0.2) is 15.0 Å². The van der Waals surface area contributed by atoms with E-state index in [0.29, 0.717) is 10.4 Å². The summed E-state index contributed by atoms with van der Waals surface area (Å²) >= 11 is 10.7. The molecule has 2 aromatic heterocycles. The van der Waals surface area contributed by atoms with E-state index < -0.39 is 0 Å². The van der Waals surface area contributed by atoms with E-state index in [9.17, 15) is 0 Å². The third-order valence-electron chi connectivity index (χ3n) is 2.49. The molecule has 0 saturated carbocycles. The normalized spacial score (nSPS) is 10.8. The van der Waals surface area contributed by atoms with Crippen molar-refractivity contribution >= 4 is 56.2 Å². The molecule has 0 unspecified atom stereocenters. The van der Waals surface area contributed by atoms with E-state index in [-0.39, 0.29) is 0 Å². The van der Waals surface area contributed by atoms with Crippen LogP contribution in [0.25, 0.3) is 10.9 Å². The molecule has 0 saturated heterocycles. The fourth-order valence-corrected chi connectivity index (χ4v) is 2.73. The van der Waals surface area contributed by atoms with E-state index in [4.69, 9.17) is 11.6 Å². The van der Waals surface area contributed by atoms with Crippen LogP contribution in [-0.2, 0) is 0 Å². The highest BCUT2D eigenvalue weighted by Crippen LogP contribution is 2.29. The summed E-state index contributed by atoms with van der Waals surface area (Å²) < 4.78 is 3.86. The van der Waals surface area contributed by atoms with Crippen LogP contribution < -0.4 is 4.72 Å². The number of fused-ring (bicyclic) bond motifs is 1. The van der Waals surface area contributed by atoms with E-state index in [1.54, 1.807) is 12.4 Å². The Hall–Kier alpha value is -1.24. The number of nitrogens with one attached hydrogen (secondary N) is 2. The van der Waals surface area contributed by atoms with Crippen molar-refractivity contribution in [2.24, 2.45) is 0 Å². The lowest BCUT2D eigenvalue weighted by Crippen LogP contribution is -1.90. The molecule has 0 aliphatic carbocycles. The van der Waals surface area contributed by atoms with E-state index >= 15 is 0 Å². The lowest BCUT2D eigenvalue weighted by molar-refractivity contribution is 1.17. The molecule has 3 aromatic rings. The van der Waals surface area contributed by atoms with Crippen molar-refractivity contribution in [1.82, 2.24) is 15.0 Å². The summed E-state index contributed by atoms with van der Waals surface area (Å²) in [6, 6.07) is 5.77. The zero-order valence-corrected chi connectivity index (χ0v) is 12.7. The lowest BCUT2D eigenvalue weighted by atomic mass is 10.2. The van der Waals surface area contributed by atoms with Gasteiger partial charge >= 0.3 is 0 Å². The fraction of sp³-hybridized carbons (Fsp3) is 0. The standard InChI is InChI=1S/C12H8BrClN4S/c13-11-5-17-12(6-16-11)18-19-10-4-15-9-3-7(14)1-2-8(9)10/h1-6,15H,(H,17,18). The Labute approximate surface area is 127 Å². The van der Waals surface area contributed by atoms with Crippen molar-refractivity contribution in [2.75, 3.05) is 4.72 Å². The number of aromatic nitrogens is 3. The maximum Gasteiger partial charge on any atom is 0.154 e. The van der Waals surface area contributed by atoms with Crippen molar-refractivity contribution in [3.8, 4) is 0 Å². The molecule has 96 valence electrons. The molecule has 0 fully saturated rings. The summed E-state index contributed by atoms with van der Waals surface area (Å²) in [7, 11) is 0. The smallest absolute Gasteiger partial charge is 0.154 e. The maximum atomic E-state index is 5.95. The second-order valence-electron chi connectivity index (χ2n) is 3.77. The van der Waals surface area contributed by atoms with Crippen molar-refractivity contribution in [1.29, 1.82) is 0 Å². The Balaban J connectivity index is 1.80. The van der Waals surface area contributed by atoms with Gasteiger partial charge in [0, 0.05) is 22.1 Å². The summed E-state index contributed by atoms with van der Waals surface area (Å²) in [5.74, 6) is 0.705. The van der Waals surface area contributed by atoms with Crippen molar-refractivity contribution < 1.29 is 0 Å². The summed E-state index contributed by atoms with van der Waals surface area (Å²) in [6.45, 7) is 0. The number of hydrogen-bond donors (Lipinski definition) is 2. The van der Waals surface area contributed by atoms with Crippen LogP contribution in [0.4, 0.5) is 5.82 Å². The second kappa shape index (κ2) is 5.40. The molecule has 7 heteroatoms. The van der Waals surface area contributed by atoms with E-state index in [0.717, 1.165) is 20.8 Å². The first-order chi connectivity index (χ1) is 9.22. The largest absolute Gasteiger partial charge is 0.360 e. The van der Waals surface area contributed by atoms with Gasteiger partial charge in [0.15, 0.2) is 5.82 Å². The fourth-order valence-electron chi connectivity index (χ4n) is 1.63. The van der Waals surface area contributed by atoms with Gasteiger partial charge in [-0.3, -0.25) is 0 Å². The van der Waals surface area contributed by atoms with Gasteiger partial charge < -0.3 is 9.71 Å². The minimum absolute atomic E-state index is 0.705. The molecule has 1 aromatic carbocycles. The average Bonchev–Trinajstić information content (AvgIpc) is 2.80. The number of hydrogen-bond acceptors (Lipinski definition) is 4. The first-order valence-electron chi connectivity index (χ1n) is 5.39. The first-order valence-corrected chi connectivity index (χ1v) is 7.38. The van der Waals surface area contributed by atoms with Crippen LogP contribution in [0.2, 0.25) is 5.02 Å². The van der Waals surface area contributed by atoms with Gasteiger partial charge in [0.05, 0.1) is 17.3 Å². The molecular formula is C12H8BrClN4S. The molecule has 0 amide bonds. The molecule has 0 radical (unpaired) electrons. The van der Waals surface area contributed by atoms with Crippen molar-refractivity contribution in [3.63, 3.8) is 0 Å². The minimum atomic E-state index is 0.705. The monoisotopic (exact) mass is 354 g/mol.